The van der Waals surface area contributed by atoms with Crippen LogP contribution in [0.2, 0.25) is 0 Å². The fraction of sp³-hybridized carbons (Fsp3) is 0.650. The van der Waals surface area contributed by atoms with Crippen molar-refractivity contribution in [2.75, 3.05) is 26.7 Å². The molecule has 4 atom stereocenters. The second kappa shape index (κ2) is 7.44. The zero-order chi connectivity index (χ0) is 18.0. The SMILES string of the molecule is CN[C@@H]1CO[C@@H]2CCN(C(=O)Cc3ccccc3C)C[C@@H]2C[C@@]1(C)O. The third-order valence-corrected chi connectivity index (χ3v) is 5.87. The number of likely N-dealkylation sites (tertiary alicyclic amines) is 1. The number of likely N-dealkylation sites (N-methyl/N-ethyl adjacent to an activating group) is 1. The topological polar surface area (TPSA) is 61.8 Å². The van der Waals surface area contributed by atoms with Gasteiger partial charge in [-0.1, -0.05) is 24.3 Å². The molecule has 2 aliphatic rings. The van der Waals surface area contributed by atoms with Crippen LogP contribution in [0.15, 0.2) is 24.3 Å². The summed E-state index contributed by atoms with van der Waals surface area (Å²) in [4.78, 5) is 14.7. The molecular formula is C20H30N2O3. The highest BCUT2D eigenvalue weighted by Gasteiger charge is 2.43. The predicted molar refractivity (Wildman–Crippen MR) is 97.4 cm³/mol. The Kier molecular flexibility index (Phi) is 5.46. The van der Waals surface area contributed by atoms with Gasteiger partial charge in [0.1, 0.15) is 0 Å². The number of benzene rings is 1. The van der Waals surface area contributed by atoms with Gasteiger partial charge in [-0.15, -0.1) is 0 Å². The maximum Gasteiger partial charge on any atom is 0.227 e. The third-order valence-electron chi connectivity index (χ3n) is 5.87. The molecule has 5 heteroatoms. The summed E-state index contributed by atoms with van der Waals surface area (Å²) in [6.45, 7) is 5.83. The Hall–Kier alpha value is -1.43. The largest absolute Gasteiger partial charge is 0.388 e. The van der Waals surface area contributed by atoms with Gasteiger partial charge in [-0.25, -0.2) is 0 Å². The minimum absolute atomic E-state index is 0.0748. The zero-order valence-electron chi connectivity index (χ0n) is 15.5. The van der Waals surface area contributed by atoms with E-state index >= 15 is 0 Å². The van der Waals surface area contributed by atoms with Crippen molar-refractivity contribution in [2.24, 2.45) is 5.92 Å². The van der Waals surface area contributed by atoms with Gasteiger partial charge in [-0.3, -0.25) is 4.79 Å². The Bertz CT molecular complexity index is 617. The van der Waals surface area contributed by atoms with Crippen LogP contribution in [0.3, 0.4) is 0 Å². The molecule has 2 heterocycles. The van der Waals surface area contributed by atoms with E-state index in [2.05, 4.69) is 5.32 Å². The lowest BCUT2D eigenvalue weighted by atomic mass is 9.82. The molecule has 2 aliphatic heterocycles. The molecule has 3 rings (SSSR count). The average molecular weight is 346 g/mol. The van der Waals surface area contributed by atoms with E-state index in [0.717, 1.165) is 24.1 Å². The summed E-state index contributed by atoms with van der Waals surface area (Å²) in [6, 6.07) is 7.97. The van der Waals surface area contributed by atoms with Gasteiger partial charge < -0.3 is 20.1 Å². The first kappa shape index (κ1) is 18.4. The second-order valence-corrected chi connectivity index (χ2v) is 7.77. The minimum Gasteiger partial charge on any atom is -0.388 e. The van der Waals surface area contributed by atoms with Gasteiger partial charge in [0.15, 0.2) is 0 Å². The normalized spacial score (nSPS) is 32.8. The smallest absolute Gasteiger partial charge is 0.227 e. The Labute approximate surface area is 150 Å². The number of hydrogen-bond acceptors (Lipinski definition) is 4. The Morgan fingerprint density at radius 3 is 2.92 bits per heavy atom. The molecule has 2 fully saturated rings. The minimum atomic E-state index is -0.823. The number of carbonyl (C=O) groups excluding carboxylic acids is 1. The number of aryl methyl sites for hydroxylation is 1. The number of carbonyl (C=O) groups is 1. The quantitative estimate of drug-likeness (QED) is 0.871. The lowest BCUT2D eigenvalue weighted by Crippen LogP contribution is -2.51. The fourth-order valence-corrected chi connectivity index (χ4v) is 4.20. The monoisotopic (exact) mass is 346 g/mol. The predicted octanol–water partition coefficient (Wildman–Crippen LogP) is 1.51. The summed E-state index contributed by atoms with van der Waals surface area (Å²) < 4.78 is 6.05. The molecule has 0 aromatic heterocycles. The first-order valence-corrected chi connectivity index (χ1v) is 9.24. The molecule has 138 valence electrons. The fourth-order valence-electron chi connectivity index (χ4n) is 4.20. The van der Waals surface area contributed by atoms with Gasteiger partial charge in [0.25, 0.3) is 0 Å². The van der Waals surface area contributed by atoms with Gasteiger partial charge in [-0.05, 0) is 44.9 Å². The molecule has 1 aromatic rings. The van der Waals surface area contributed by atoms with E-state index in [1.165, 1.54) is 0 Å². The van der Waals surface area contributed by atoms with Gasteiger partial charge in [-0.2, -0.15) is 0 Å². The van der Waals surface area contributed by atoms with E-state index in [1.807, 2.05) is 50.1 Å². The van der Waals surface area contributed by atoms with Crippen LogP contribution in [0.1, 0.15) is 30.9 Å². The second-order valence-electron chi connectivity index (χ2n) is 7.77. The molecule has 0 saturated carbocycles. The highest BCUT2D eigenvalue weighted by Crippen LogP contribution is 2.33. The van der Waals surface area contributed by atoms with Crippen molar-refractivity contribution in [1.29, 1.82) is 0 Å². The number of aliphatic hydroxyl groups is 1. The molecule has 0 unspecified atom stereocenters. The van der Waals surface area contributed by atoms with E-state index in [9.17, 15) is 9.90 Å². The van der Waals surface area contributed by atoms with Crippen molar-refractivity contribution >= 4 is 5.91 Å². The maximum absolute atomic E-state index is 12.8. The summed E-state index contributed by atoms with van der Waals surface area (Å²) in [5, 5.41) is 14.0. The van der Waals surface area contributed by atoms with Crippen molar-refractivity contribution in [3.63, 3.8) is 0 Å². The standard InChI is InChI=1S/C20H30N2O3/c1-14-6-4-5-7-15(14)10-19(23)22-9-8-17-16(12-22)11-20(2,24)18(21-3)13-25-17/h4-7,16-18,21,24H,8-13H2,1-3H3/t16-,17+,18+,20+/m0/s1. The lowest BCUT2D eigenvalue weighted by Gasteiger charge is -2.39. The van der Waals surface area contributed by atoms with Crippen LogP contribution in [-0.4, -0.2) is 60.4 Å². The summed E-state index contributed by atoms with van der Waals surface area (Å²) in [6.07, 6.45) is 2.07. The van der Waals surface area contributed by atoms with Crippen LogP contribution in [0.25, 0.3) is 0 Å². The molecule has 25 heavy (non-hydrogen) atoms. The van der Waals surface area contributed by atoms with Crippen molar-refractivity contribution < 1.29 is 14.6 Å². The summed E-state index contributed by atoms with van der Waals surface area (Å²) in [5.74, 6) is 0.352. The zero-order valence-corrected chi connectivity index (χ0v) is 15.5. The highest BCUT2D eigenvalue weighted by molar-refractivity contribution is 5.79. The summed E-state index contributed by atoms with van der Waals surface area (Å²) in [7, 11) is 1.86. The molecule has 1 amide bonds. The molecule has 0 bridgehead atoms. The molecule has 0 aliphatic carbocycles. The number of piperidine rings is 1. The third kappa shape index (κ3) is 4.05. The number of nitrogens with zero attached hydrogens (tertiary/aromatic N) is 1. The first-order chi connectivity index (χ1) is 11.9. The van der Waals surface area contributed by atoms with Crippen molar-refractivity contribution in [2.45, 2.75) is 50.9 Å². The number of nitrogens with one attached hydrogen (secondary N) is 1. The molecule has 2 N–H and O–H groups in total. The van der Waals surface area contributed by atoms with Crippen LogP contribution in [0, 0.1) is 12.8 Å². The molecular weight excluding hydrogens is 316 g/mol. The van der Waals surface area contributed by atoms with E-state index < -0.39 is 5.60 Å². The average Bonchev–Trinajstić information content (AvgIpc) is 2.70. The van der Waals surface area contributed by atoms with Gasteiger partial charge in [0.05, 0.1) is 30.8 Å². The van der Waals surface area contributed by atoms with E-state index in [0.29, 0.717) is 26.0 Å². The number of rotatable bonds is 3. The number of fused-ring (bicyclic) bond motifs is 1. The van der Waals surface area contributed by atoms with Gasteiger partial charge in [0.2, 0.25) is 5.91 Å². The first-order valence-electron chi connectivity index (χ1n) is 9.24. The summed E-state index contributed by atoms with van der Waals surface area (Å²) >= 11 is 0. The Morgan fingerprint density at radius 2 is 2.20 bits per heavy atom. The molecule has 5 nitrogen and oxygen atoms in total. The highest BCUT2D eigenvalue weighted by atomic mass is 16.5. The van der Waals surface area contributed by atoms with Gasteiger partial charge in [0, 0.05) is 19.0 Å². The summed E-state index contributed by atoms with van der Waals surface area (Å²) in [5.41, 5.74) is 1.42. The molecule has 0 spiro atoms. The van der Waals surface area contributed by atoms with Crippen molar-refractivity contribution in [1.82, 2.24) is 10.2 Å². The van der Waals surface area contributed by atoms with Crippen LogP contribution in [-0.2, 0) is 16.0 Å². The number of amides is 1. The van der Waals surface area contributed by atoms with Crippen LogP contribution in [0.5, 0.6) is 0 Å². The van der Waals surface area contributed by atoms with E-state index in [-0.39, 0.29) is 24.0 Å². The molecule has 0 radical (unpaired) electrons. The van der Waals surface area contributed by atoms with E-state index in [1.54, 1.807) is 0 Å². The van der Waals surface area contributed by atoms with Crippen LogP contribution < -0.4 is 5.32 Å². The number of ether oxygens (including phenoxy) is 1. The van der Waals surface area contributed by atoms with Crippen molar-refractivity contribution in [3.8, 4) is 0 Å². The number of hydrogen-bond donors (Lipinski definition) is 2. The Morgan fingerprint density at radius 1 is 1.44 bits per heavy atom. The van der Waals surface area contributed by atoms with Gasteiger partial charge >= 0.3 is 0 Å². The van der Waals surface area contributed by atoms with E-state index in [4.69, 9.17) is 4.74 Å². The Balaban J connectivity index is 1.67. The molecule has 2 saturated heterocycles. The van der Waals surface area contributed by atoms with Crippen LogP contribution in [0.4, 0.5) is 0 Å². The molecule has 1 aromatic carbocycles. The lowest BCUT2D eigenvalue weighted by molar-refractivity contribution is -0.135. The van der Waals surface area contributed by atoms with Crippen LogP contribution >= 0.6 is 0 Å². The maximum atomic E-state index is 12.8. The van der Waals surface area contributed by atoms with Crippen molar-refractivity contribution in [3.05, 3.63) is 35.4 Å².